The molecule has 0 aliphatic carbocycles. The topological polar surface area (TPSA) is 153 Å². The second kappa shape index (κ2) is 10.2. The number of carbonyl (C=O) groups is 1. The number of nitrogens with zero attached hydrogens (tertiary/aromatic N) is 2. The van der Waals surface area contributed by atoms with Gasteiger partial charge in [-0.3, -0.25) is 0 Å². The van der Waals surface area contributed by atoms with Gasteiger partial charge >= 0.3 is 5.97 Å². The monoisotopic (exact) mass is 446 g/mol. The Kier molecular flexibility index (Phi) is 7.61. The molecule has 10 heteroatoms. The average Bonchev–Trinajstić information content (AvgIpc) is 2.79. The predicted octanol–water partition coefficient (Wildman–Crippen LogP) is 0.689. The number of hydrogen-bond donors (Lipinski definition) is 4. The number of rotatable bonds is 6. The quantitative estimate of drug-likeness (QED) is 0.466. The molecule has 9 nitrogen and oxygen atoms in total. The molecule has 1 aliphatic rings. The van der Waals surface area contributed by atoms with Gasteiger partial charge in [0, 0.05) is 11.8 Å². The van der Waals surface area contributed by atoms with Crippen LogP contribution in [-0.4, -0.2) is 74.4 Å². The highest BCUT2D eigenvalue weighted by Gasteiger charge is 2.44. The van der Waals surface area contributed by atoms with Crippen molar-refractivity contribution in [1.82, 2.24) is 4.98 Å². The molecule has 2 heterocycles. The molecule has 0 bridgehead atoms. The number of benzene rings is 1. The number of ether oxygens (including phenoxy) is 2. The molecule has 1 fully saturated rings. The second-order valence-corrected chi connectivity index (χ2v) is 7.83. The van der Waals surface area contributed by atoms with Crippen LogP contribution in [0.3, 0.4) is 0 Å². The summed E-state index contributed by atoms with van der Waals surface area (Å²) in [6.07, 6.45) is -4.35. The van der Waals surface area contributed by atoms with Gasteiger partial charge in [-0.05, 0) is 12.5 Å². The molecule has 0 radical (unpaired) electrons. The molecular weight excluding hydrogens is 424 g/mol. The minimum Gasteiger partial charge on any atom is -0.462 e. The number of aromatic nitrogens is 1. The van der Waals surface area contributed by atoms with Crippen LogP contribution in [0.25, 0.3) is 11.1 Å². The Labute approximate surface area is 182 Å². The summed E-state index contributed by atoms with van der Waals surface area (Å²) < 4.78 is 10.6. The van der Waals surface area contributed by atoms with Crippen molar-refractivity contribution in [2.45, 2.75) is 41.8 Å². The third-order valence-corrected chi connectivity index (χ3v) is 5.95. The van der Waals surface area contributed by atoms with Crippen LogP contribution in [0.15, 0.2) is 41.6 Å². The minimum absolute atomic E-state index is 0.0683. The van der Waals surface area contributed by atoms with Gasteiger partial charge in [-0.1, -0.05) is 42.1 Å². The molecule has 0 saturated carbocycles. The van der Waals surface area contributed by atoms with Gasteiger partial charge in [-0.15, -0.1) is 0 Å². The van der Waals surface area contributed by atoms with Gasteiger partial charge < -0.3 is 29.9 Å². The summed E-state index contributed by atoms with van der Waals surface area (Å²) in [4.78, 5) is 16.7. The first-order chi connectivity index (χ1) is 14.9. The Morgan fingerprint density at radius 3 is 2.55 bits per heavy atom. The normalized spacial score (nSPS) is 25.6. The number of hydrogen-bond acceptors (Lipinski definition) is 10. The van der Waals surface area contributed by atoms with Crippen molar-refractivity contribution in [1.29, 1.82) is 5.26 Å². The zero-order chi connectivity index (χ0) is 22.5. The molecule has 1 aliphatic heterocycles. The molecule has 31 heavy (non-hydrogen) atoms. The van der Waals surface area contributed by atoms with E-state index in [1.54, 1.807) is 37.3 Å². The number of aliphatic hydroxyl groups is 4. The maximum Gasteiger partial charge on any atom is 0.340 e. The standard InChI is InChI=1S/C21H22N2O7S/c1-2-29-20(28)13-9-23-19(12(8-22)15(13)11-6-4-3-5-7-11)31-21-18(27)17(26)16(25)14(10-24)30-21/h3-7,9,14,16-18,21,24-27H,2,10H2,1H3/t14-,16+,17+,18-,21+/m1/s1. The highest BCUT2D eigenvalue weighted by atomic mass is 32.2. The lowest BCUT2D eigenvalue weighted by molar-refractivity contribution is -0.205. The average molecular weight is 446 g/mol. The molecule has 1 saturated heterocycles. The number of carbonyl (C=O) groups excluding carboxylic acids is 1. The molecule has 0 spiro atoms. The van der Waals surface area contributed by atoms with Gasteiger partial charge in [0.2, 0.25) is 0 Å². The summed E-state index contributed by atoms with van der Waals surface area (Å²) in [5.41, 5.74) is -0.0162. The van der Waals surface area contributed by atoms with Crippen molar-refractivity contribution in [3.8, 4) is 17.2 Å². The first kappa shape index (κ1) is 23.1. The molecule has 1 aromatic carbocycles. The Morgan fingerprint density at radius 1 is 1.23 bits per heavy atom. The molecule has 3 rings (SSSR count). The van der Waals surface area contributed by atoms with Gasteiger partial charge in [0.25, 0.3) is 0 Å². The van der Waals surface area contributed by atoms with Crippen molar-refractivity contribution in [3.05, 3.63) is 47.7 Å². The van der Waals surface area contributed by atoms with Crippen LogP contribution >= 0.6 is 11.8 Å². The fraction of sp³-hybridized carbons (Fsp3) is 0.381. The number of pyridine rings is 1. The highest BCUT2D eigenvalue weighted by Crippen LogP contribution is 2.38. The molecule has 5 atom stereocenters. The van der Waals surface area contributed by atoms with E-state index in [-0.39, 0.29) is 22.8 Å². The van der Waals surface area contributed by atoms with E-state index in [1.165, 1.54) is 6.20 Å². The van der Waals surface area contributed by atoms with Crippen molar-refractivity contribution < 1.29 is 34.7 Å². The van der Waals surface area contributed by atoms with Crippen molar-refractivity contribution in [2.24, 2.45) is 0 Å². The zero-order valence-corrected chi connectivity index (χ0v) is 17.4. The predicted molar refractivity (Wildman–Crippen MR) is 110 cm³/mol. The van der Waals surface area contributed by atoms with Crippen LogP contribution in [0.2, 0.25) is 0 Å². The maximum absolute atomic E-state index is 12.5. The maximum atomic E-state index is 12.5. The van der Waals surface area contributed by atoms with Crippen molar-refractivity contribution >= 4 is 17.7 Å². The Bertz CT molecular complexity index is 964. The van der Waals surface area contributed by atoms with Crippen LogP contribution < -0.4 is 0 Å². The Morgan fingerprint density at radius 2 is 1.94 bits per heavy atom. The lowest BCUT2D eigenvalue weighted by Crippen LogP contribution is -2.57. The molecule has 164 valence electrons. The van der Waals surface area contributed by atoms with E-state index in [4.69, 9.17) is 9.47 Å². The SMILES string of the molecule is CCOC(=O)c1cnc(S[C@@H]2O[C@H](CO)[C@H](O)[C@H](O)[C@H]2O)c(C#N)c1-c1ccccc1. The number of esters is 1. The number of aliphatic hydroxyl groups excluding tert-OH is 4. The first-order valence-electron chi connectivity index (χ1n) is 9.55. The second-order valence-electron chi connectivity index (χ2n) is 6.74. The van der Waals surface area contributed by atoms with E-state index in [0.29, 0.717) is 11.1 Å². The summed E-state index contributed by atoms with van der Waals surface area (Å²) in [6.45, 7) is 1.25. The summed E-state index contributed by atoms with van der Waals surface area (Å²) in [5, 5.41) is 49.7. The van der Waals surface area contributed by atoms with Crippen LogP contribution in [0.4, 0.5) is 0 Å². The van der Waals surface area contributed by atoms with Gasteiger partial charge in [0.1, 0.15) is 40.9 Å². The summed E-state index contributed by atoms with van der Waals surface area (Å²) in [6, 6.07) is 10.9. The van der Waals surface area contributed by atoms with E-state index >= 15 is 0 Å². The van der Waals surface area contributed by atoms with Crippen LogP contribution in [-0.2, 0) is 9.47 Å². The molecule has 2 aromatic rings. The highest BCUT2D eigenvalue weighted by molar-refractivity contribution is 7.99. The molecule has 4 N–H and O–H groups in total. The van der Waals surface area contributed by atoms with Crippen molar-refractivity contribution in [3.63, 3.8) is 0 Å². The minimum atomic E-state index is -1.55. The van der Waals surface area contributed by atoms with Gasteiger partial charge in [-0.2, -0.15) is 5.26 Å². The zero-order valence-electron chi connectivity index (χ0n) is 16.6. The molecule has 1 aromatic heterocycles. The van der Waals surface area contributed by atoms with E-state index in [2.05, 4.69) is 11.1 Å². The van der Waals surface area contributed by atoms with E-state index in [0.717, 1.165) is 11.8 Å². The Balaban J connectivity index is 2.06. The van der Waals surface area contributed by atoms with Crippen LogP contribution in [0, 0.1) is 11.3 Å². The number of nitriles is 1. The fourth-order valence-electron chi connectivity index (χ4n) is 3.23. The Hall–Kier alpha value is -2.52. The fourth-order valence-corrected chi connectivity index (χ4v) is 4.33. The number of thioether (sulfide) groups is 1. The lowest BCUT2D eigenvalue weighted by atomic mass is 9.97. The van der Waals surface area contributed by atoms with Crippen molar-refractivity contribution in [2.75, 3.05) is 13.2 Å². The largest absolute Gasteiger partial charge is 0.462 e. The van der Waals surface area contributed by atoms with Crippen LogP contribution in [0.5, 0.6) is 0 Å². The molecular formula is C21H22N2O7S. The van der Waals surface area contributed by atoms with Gasteiger partial charge in [0.15, 0.2) is 0 Å². The molecule has 0 amide bonds. The lowest BCUT2D eigenvalue weighted by Gasteiger charge is -2.39. The molecule has 0 unspecified atom stereocenters. The summed E-state index contributed by atoms with van der Waals surface area (Å²) >= 11 is 0.851. The summed E-state index contributed by atoms with van der Waals surface area (Å²) in [5.74, 6) is -0.630. The van der Waals surface area contributed by atoms with Gasteiger partial charge in [0.05, 0.1) is 24.3 Å². The third-order valence-electron chi connectivity index (χ3n) is 4.79. The summed E-state index contributed by atoms with van der Waals surface area (Å²) in [7, 11) is 0. The van der Waals surface area contributed by atoms with E-state index in [1.807, 2.05) is 0 Å². The third kappa shape index (κ3) is 4.72. The van der Waals surface area contributed by atoms with Crippen LogP contribution in [0.1, 0.15) is 22.8 Å². The van der Waals surface area contributed by atoms with Gasteiger partial charge in [-0.25, -0.2) is 9.78 Å². The van der Waals surface area contributed by atoms with E-state index < -0.39 is 42.4 Å². The first-order valence-corrected chi connectivity index (χ1v) is 10.4. The smallest absolute Gasteiger partial charge is 0.340 e. The van der Waals surface area contributed by atoms with E-state index in [9.17, 15) is 30.5 Å².